The molecule has 3 aromatic rings. The van der Waals surface area contributed by atoms with Gasteiger partial charge in [-0.25, -0.2) is 4.68 Å². The van der Waals surface area contributed by atoms with Crippen LogP contribution in [0.3, 0.4) is 0 Å². The molecule has 156 valence electrons. The van der Waals surface area contributed by atoms with Gasteiger partial charge in [-0.05, 0) is 47.7 Å². The van der Waals surface area contributed by atoms with Crippen LogP contribution in [0.4, 0.5) is 0 Å². The van der Waals surface area contributed by atoms with Crippen molar-refractivity contribution in [3.63, 3.8) is 0 Å². The van der Waals surface area contributed by atoms with Gasteiger partial charge in [0.15, 0.2) is 0 Å². The summed E-state index contributed by atoms with van der Waals surface area (Å²) in [6.45, 7) is 2.07. The SMILES string of the molecule is Cl.Cn1nnnc1SCCCNCc1cc(Br)ccc1OCc1ccccc1Cl. The van der Waals surface area contributed by atoms with E-state index < -0.39 is 0 Å². The Hall–Kier alpha value is -1.32. The molecule has 0 aliphatic rings. The molecule has 6 nitrogen and oxygen atoms in total. The Bertz CT molecular complexity index is 912. The Morgan fingerprint density at radius 1 is 1.21 bits per heavy atom. The summed E-state index contributed by atoms with van der Waals surface area (Å²) in [5.41, 5.74) is 2.08. The molecule has 1 heterocycles. The van der Waals surface area contributed by atoms with E-state index in [0.717, 1.165) is 56.8 Å². The van der Waals surface area contributed by atoms with Crippen LogP contribution in [0.5, 0.6) is 5.75 Å². The quantitative estimate of drug-likeness (QED) is 0.304. The van der Waals surface area contributed by atoms with E-state index in [1.54, 1.807) is 16.4 Å². The van der Waals surface area contributed by atoms with Gasteiger partial charge in [-0.2, -0.15) is 0 Å². The van der Waals surface area contributed by atoms with Crippen molar-refractivity contribution in [3.8, 4) is 5.75 Å². The van der Waals surface area contributed by atoms with Gasteiger partial charge in [0, 0.05) is 40.0 Å². The summed E-state index contributed by atoms with van der Waals surface area (Å²) in [7, 11) is 1.85. The van der Waals surface area contributed by atoms with Crippen LogP contribution in [0.15, 0.2) is 52.1 Å². The van der Waals surface area contributed by atoms with Crippen LogP contribution in [0.2, 0.25) is 5.02 Å². The number of nitrogens with one attached hydrogen (secondary N) is 1. The van der Waals surface area contributed by atoms with Crippen LogP contribution in [0, 0.1) is 0 Å². The molecule has 1 N–H and O–H groups in total. The van der Waals surface area contributed by atoms with Crippen molar-refractivity contribution in [2.45, 2.75) is 24.7 Å². The fraction of sp³-hybridized carbons (Fsp3) is 0.316. The van der Waals surface area contributed by atoms with Crippen molar-refractivity contribution in [3.05, 3.63) is 63.1 Å². The van der Waals surface area contributed by atoms with Gasteiger partial charge in [-0.15, -0.1) is 17.5 Å². The van der Waals surface area contributed by atoms with Gasteiger partial charge in [0.1, 0.15) is 12.4 Å². The fourth-order valence-corrected chi connectivity index (χ4v) is 3.91. The van der Waals surface area contributed by atoms with E-state index >= 15 is 0 Å². The predicted molar refractivity (Wildman–Crippen MR) is 123 cm³/mol. The minimum atomic E-state index is 0. The topological polar surface area (TPSA) is 64.9 Å². The Balaban J connectivity index is 0.00000300. The zero-order valence-corrected chi connectivity index (χ0v) is 19.8. The molecule has 0 bridgehead atoms. The van der Waals surface area contributed by atoms with Gasteiger partial charge in [0.2, 0.25) is 5.16 Å². The fourth-order valence-electron chi connectivity index (χ4n) is 2.53. The molecule has 0 amide bonds. The molecular formula is C19H22BrCl2N5OS. The first-order chi connectivity index (χ1) is 13.6. The molecule has 10 heteroatoms. The molecule has 0 fully saturated rings. The van der Waals surface area contributed by atoms with E-state index in [2.05, 4.69) is 42.8 Å². The number of thioether (sulfide) groups is 1. The molecule has 1 aromatic heterocycles. The zero-order valence-electron chi connectivity index (χ0n) is 15.8. The van der Waals surface area contributed by atoms with Gasteiger partial charge in [-0.1, -0.05) is 57.5 Å². The van der Waals surface area contributed by atoms with Crippen molar-refractivity contribution in [2.24, 2.45) is 7.05 Å². The second kappa shape index (κ2) is 12.4. The first kappa shape index (κ1) is 24.0. The van der Waals surface area contributed by atoms with Crippen molar-refractivity contribution in [1.29, 1.82) is 0 Å². The van der Waals surface area contributed by atoms with Crippen LogP contribution in [0.25, 0.3) is 0 Å². The Labute approximate surface area is 194 Å². The summed E-state index contributed by atoms with van der Waals surface area (Å²) in [5, 5.41) is 16.5. The average molecular weight is 519 g/mol. The van der Waals surface area contributed by atoms with Gasteiger partial charge in [0.05, 0.1) is 0 Å². The van der Waals surface area contributed by atoms with E-state index in [-0.39, 0.29) is 12.4 Å². The summed E-state index contributed by atoms with van der Waals surface area (Å²) < 4.78 is 8.74. The van der Waals surface area contributed by atoms with Crippen LogP contribution in [0.1, 0.15) is 17.5 Å². The summed E-state index contributed by atoms with van der Waals surface area (Å²) in [5.74, 6) is 1.81. The number of hydrogen-bond donors (Lipinski definition) is 1. The van der Waals surface area contributed by atoms with Gasteiger partial charge in [0.25, 0.3) is 0 Å². The highest BCUT2D eigenvalue weighted by molar-refractivity contribution is 9.10. The summed E-state index contributed by atoms with van der Waals surface area (Å²) in [6, 6.07) is 13.8. The van der Waals surface area contributed by atoms with Crippen LogP contribution < -0.4 is 10.1 Å². The zero-order chi connectivity index (χ0) is 19.8. The molecule has 0 spiro atoms. The molecule has 0 saturated heterocycles. The second-order valence-electron chi connectivity index (χ2n) is 6.10. The Morgan fingerprint density at radius 2 is 2.03 bits per heavy atom. The van der Waals surface area contributed by atoms with E-state index in [0.29, 0.717) is 6.61 Å². The lowest BCUT2D eigenvalue weighted by Gasteiger charge is -2.13. The average Bonchev–Trinajstić information content (AvgIpc) is 3.10. The molecule has 0 radical (unpaired) electrons. The number of nitrogens with zero attached hydrogens (tertiary/aromatic N) is 4. The van der Waals surface area contributed by atoms with Gasteiger partial charge < -0.3 is 10.1 Å². The summed E-state index contributed by atoms with van der Waals surface area (Å²) in [6.07, 6.45) is 1.02. The summed E-state index contributed by atoms with van der Waals surface area (Å²) in [4.78, 5) is 0. The smallest absolute Gasteiger partial charge is 0.209 e. The van der Waals surface area contributed by atoms with Crippen LogP contribution in [-0.2, 0) is 20.2 Å². The number of tetrazole rings is 1. The van der Waals surface area contributed by atoms with Crippen LogP contribution >= 0.6 is 51.7 Å². The maximum absolute atomic E-state index is 6.22. The van der Waals surface area contributed by atoms with E-state index in [1.165, 1.54) is 0 Å². The number of benzene rings is 2. The standard InChI is InChI=1S/C19H21BrClN5OS.ClH/c1-26-19(23-24-25-26)28-10-4-9-22-12-15-11-16(20)7-8-18(15)27-13-14-5-2-3-6-17(14)21;/h2-3,5-8,11,22H,4,9-10,12-13H2,1H3;1H. The molecule has 2 aromatic carbocycles. The van der Waals surface area contributed by atoms with Crippen molar-refractivity contribution in [1.82, 2.24) is 25.5 Å². The van der Waals surface area contributed by atoms with Crippen molar-refractivity contribution >= 4 is 51.7 Å². The lowest BCUT2D eigenvalue weighted by atomic mass is 10.2. The third kappa shape index (κ3) is 7.46. The molecule has 0 aliphatic carbocycles. The predicted octanol–water partition coefficient (Wildman–Crippen LogP) is 4.90. The van der Waals surface area contributed by atoms with Gasteiger partial charge in [-0.3, -0.25) is 0 Å². The number of rotatable bonds is 10. The Morgan fingerprint density at radius 3 is 2.79 bits per heavy atom. The van der Waals surface area contributed by atoms with E-state index in [9.17, 15) is 0 Å². The number of hydrogen-bond acceptors (Lipinski definition) is 6. The monoisotopic (exact) mass is 517 g/mol. The first-order valence-corrected chi connectivity index (χ1v) is 11.0. The molecule has 3 rings (SSSR count). The number of aryl methyl sites for hydroxylation is 1. The normalized spacial score (nSPS) is 10.6. The summed E-state index contributed by atoms with van der Waals surface area (Å²) >= 11 is 11.4. The van der Waals surface area contributed by atoms with E-state index in [4.69, 9.17) is 16.3 Å². The molecule has 29 heavy (non-hydrogen) atoms. The maximum atomic E-state index is 6.22. The number of halogens is 3. The first-order valence-electron chi connectivity index (χ1n) is 8.84. The minimum Gasteiger partial charge on any atom is -0.489 e. The third-order valence-electron chi connectivity index (χ3n) is 3.99. The van der Waals surface area contributed by atoms with Gasteiger partial charge >= 0.3 is 0 Å². The number of ether oxygens (including phenoxy) is 1. The highest BCUT2D eigenvalue weighted by Crippen LogP contribution is 2.25. The third-order valence-corrected chi connectivity index (χ3v) is 5.95. The van der Waals surface area contributed by atoms with Crippen LogP contribution in [-0.4, -0.2) is 32.5 Å². The molecule has 0 unspecified atom stereocenters. The Kier molecular flexibility index (Phi) is 10.2. The molecule has 0 saturated carbocycles. The van der Waals surface area contributed by atoms with Crippen molar-refractivity contribution < 1.29 is 4.74 Å². The highest BCUT2D eigenvalue weighted by Gasteiger charge is 2.07. The largest absolute Gasteiger partial charge is 0.489 e. The maximum Gasteiger partial charge on any atom is 0.209 e. The second-order valence-corrected chi connectivity index (χ2v) is 8.48. The number of aromatic nitrogens is 4. The lowest BCUT2D eigenvalue weighted by molar-refractivity contribution is 0.302. The van der Waals surface area contributed by atoms with E-state index in [1.807, 2.05) is 43.4 Å². The molecular weight excluding hydrogens is 497 g/mol. The minimum absolute atomic E-state index is 0. The molecule has 0 aliphatic heterocycles. The molecule has 0 atom stereocenters. The lowest BCUT2D eigenvalue weighted by Crippen LogP contribution is -2.16. The van der Waals surface area contributed by atoms with Crippen molar-refractivity contribution in [2.75, 3.05) is 12.3 Å². The highest BCUT2D eigenvalue weighted by atomic mass is 79.9.